The van der Waals surface area contributed by atoms with Crippen LogP contribution in [0.3, 0.4) is 0 Å². The molecule has 1 atom stereocenters. The standard InChI is InChI=1S/C17H16F3NO2/c18-17(19,20)12-5-3-4-11(8-12)16(9-13(22)10-16)15(23)14-6-1-2-7-21-14/h1-8,13,15,22-23H,9-10H2/t13-,15-,16+/m1/s1. The fourth-order valence-corrected chi connectivity index (χ4v) is 3.22. The Hall–Kier alpha value is -1.92. The average molecular weight is 323 g/mol. The molecule has 1 aliphatic rings. The molecule has 0 spiro atoms. The lowest BCUT2D eigenvalue weighted by molar-refractivity contribution is -0.137. The molecule has 0 bridgehead atoms. The Bertz CT molecular complexity index is 682. The normalized spacial score (nSPS) is 25.7. The first kappa shape index (κ1) is 16.0. The zero-order chi connectivity index (χ0) is 16.7. The Morgan fingerprint density at radius 3 is 2.43 bits per heavy atom. The molecule has 6 heteroatoms. The summed E-state index contributed by atoms with van der Waals surface area (Å²) in [7, 11) is 0. The van der Waals surface area contributed by atoms with Crippen molar-refractivity contribution in [1.82, 2.24) is 4.98 Å². The van der Waals surface area contributed by atoms with Gasteiger partial charge in [0.05, 0.1) is 17.4 Å². The summed E-state index contributed by atoms with van der Waals surface area (Å²) < 4.78 is 38.9. The van der Waals surface area contributed by atoms with Crippen LogP contribution in [-0.2, 0) is 11.6 Å². The van der Waals surface area contributed by atoms with E-state index in [2.05, 4.69) is 4.98 Å². The van der Waals surface area contributed by atoms with Crippen molar-refractivity contribution < 1.29 is 23.4 Å². The Balaban J connectivity index is 2.02. The third-order valence-corrected chi connectivity index (χ3v) is 4.46. The predicted molar refractivity (Wildman–Crippen MR) is 77.6 cm³/mol. The van der Waals surface area contributed by atoms with E-state index < -0.39 is 29.4 Å². The number of nitrogens with zero attached hydrogens (tertiary/aromatic N) is 1. The number of aromatic nitrogens is 1. The average Bonchev–Trinajstić information content (AvgIpc) is 2.51. The van der Waals surface area contributed by atoms with Crippen molar-refractivity contribution in [3.05, 3.63) is 65.5 Å². The van der Waals surface area contributed by atoms with Gasteiger partial charge < -0.3 is 10.2 Å². The van der Waals surface area contributed by atoms with E-state index in [1.807, 2.05) is 0 Å². The van der Waals surface area contributed by atoms with Crippen LogP contribution in [0, 0.1) is 0 Å². The van der Waals surface area contributed by atoms with Crippen molar-refractivity contribution in [2.45, 2.75) is 36.6 Å². The molecule has 0 radical (unpaired) electrons. The quantitative estimate of drug-likeness (QED) is 0.912. The Labute approximate surface area is 131 Å². The molecule has 1 aromatic carbocycles. The maximum absolute atomic E-state index is 13.0. The largest absolute Gasteiger partial charge is 0.416 e. The molecule has 0 saturated heterocycles. The number of alkyl halides is 3. The van der Waals surface area contributed by atoms with Crippen LogP contribution in [0.2, 0.25) is 0 Å². The molecule has 3 nitrogen and oxygen atoms in total. The van der Waals surface area contributed by atoms with Crippen molar-refractivity contribution in [1.29, 1.82) is 0 Å². The van der Waals surface area contributed by atoms with Gasteiger partial charge in [0.2, 0.25) is 0 Å². The molecule has 1 aliphatic carbocycles. The van der Waals surface area contributed by atoms with Crippen LogP contribution < -0.4 is 0 Å². The summed E-state index contributed by atoms with van der Waals surface area (Å²) in [5.74, 6) is 0. The maximum Gasteiger partial charge on any atom is 0.416 e. The number of halogens is 3. The van der Waals surface area contributed by atoms with Crippen molar-refractivity contribution in [2.24, 2.45) is 0 Å². The van der Waals surface area contributed by atoms with Crippen LogP contribution in [0.1, 0.15) is 35.8 Å². The lowest BCUT2D eigenvalue weighted by Gasteiger charge is -2.49. The molecular formula is C17H16F3NO2. The molecule has 3 rings (SSSR count). The second-order valence-corrected chi connectivity index (χ2v) is 5.95. The molecule has 0 amide bonds. The summed E-state index contributed by atoms with van der Waals surface area (Å²) >= 11 is 0. The SMILES string of the molecule is O[C@H](c1ccccn1)[C@]1(c2cccc(C(F)(F)F)c2)C[C@H](O)C1. The lowest BCUT2D eigenvalue weighted by Crippen LogP contribution is -2.49. The van der Waals surface area contributed by atoms with Gasteiger partial charge in [-0.3, -0.25) is 4.98 Å². The number of aliphatic hydroxyl groups excluding tert-OH is 2. The van der Waals surface area contributed by atoms with E-state index >= 15 is 0 Å². The van der Waals surface area contributed by atoms with Crippen LogP contribution in [0.15, 0.2) is 48.7 Å². The number of benzene rings is 1. The van der Waals surface area contributed by atoms with Crippen LogP contribution in [-0.4, -0.2) is 21.3 Å². The van der Waals surface area contributed by atoms with E-state index in [0.717, 1.165) is 12.1 Å². The first-order valence-corrected chi connectivity index (χ1v) is 7.28. The van der Waals surface area contributed by atoms with Crippen LogP contribution in [0.25, 0.3) is 0 Å². The predicted octanol–water partition coefficient (Wildman–Crippen LogP) is 3.23. The van der Waals surface area contributed by atoms with Crippen molar-refractivity contribution in [2.75, 3.05) is 0 Å². The number of pyridine rings is 1. The molecular weight excluding hydrogens is 307 g/mol. The molecule has 0 unspecified atom stereocenters. The Morgan fingerprint density at radius 2 is 1.87 bits per heavy atom. The third kappa shape index (κ3) is 2.84. The summed E-state index contributed by atoms with van der Waals surface area (Å²) in [6.07, 6.45) is -4.24. The smallest absolute Gasteiger partial charge is 0.393 e. The molecule has 2 aromatic rings. The molecule has 122 valence electrons. The summed E-state index contributed by atoms with van der Waals surface area (Å²) in [6, 6.07) is 9.98. The van der Waals surface area contributed by atoms with Gasteiger partial charge in [-0.15, -0.1) is 0 Å². The van der Waals surface area contributed by atoms with E-state index in [4.69, 9.17) is 0 Å². The second kappa shape index (κ2) is 5.62. The zero-order valence-electron chi connectivity index (χ0n) is 12.2. The monoisotopic (exact) mass is 323 g/mol. The highest BCUT2D eigenvalue weighted by molar-refractivity contribution is 5.37. The molecule has 1 saturated carbocycles. The summed E-state index contributed by atoms with van der Waals surface area (Å²) in [5.41, 5.74) is -0.953. The third-order valence-electron chi connectivity index (χ3n) is 4.46. The van der Waals surface area contributed by atoms with Crippen molar-refractivity contribution >= 4 is 0 Å². The van der Waals surface area contributed by atoms with Gasteiger partial charge in [0.25, 0.3) is 0 Å². The van der Waals surface area contributed by atoms with Gasteiger partial charge in [0.1, 0.15) is 6.10 Å². The molecule has 2 N–H and O–H groups in total. The minimum absolute atomic E-state index is 0.200. The topological polar surface area (TPSA) is 53.4 Å². The number of aliphatic hydroxyl groups is 2. The fourth-order valence-electron chi connectivity index (χ4n) is 3.22. The van der Waals surface area contributed by atoms with Gasteiger partial charge in [-0.05, 0) is 36.6 Å². The van der Waals surface area contributed by atoms with Crippen LogP contribution in [0.5, 0.6) is 0 Å². The first-order valence-electron chi connectivity index (χ1n) is 7.28. The van der Waals surface area contributed by atoms with Gasteiger partial charge in [-0.2, -0.15) is 13.2 Å². The lowest BCUT2D eigenvalue weighted by atomic mass is 9.58. The van der Waals surface area contributed by atoms with E-state index in [9.17, 15) is 23.4 Å². The van der Waals surface area contributed by atoms with Crippen LogP contribution in [0.4, 0.5) is 13.2 Å². The first-order chi connectivity index (χ1) is 10.8. The fraction of sp³-hybridized carbons (Fsp3) is 0.353. The van der Waals surface area contributed by atoms with E-state index in [1.165, 1.54) is 12.3 Å². The summed E-state index contributed by atoms with van der Waals surface area (Å²) in [5, 5.41) is 20.4. The maximum atomic E-state index is 13.0. The highest BCUT2D eigenvalue weighted by Gasteiger charge is 2.51. The molecule has 1 aromatic heterocycles. The zero-order valence-corrected chi connectivity index (χ0v) is 12.2. The van der Waals surface area contributed by atoms with E-state index in [0.29, 0.717) is 11.3 Å². The van der Waals surface area contributed by atoms with Gasteiger partial charge in [-0.1, -0.05) is 24.3 Å². The minimum Gasteiger partial charge on any atom is -0.393 e. The van der Waals surface area contributed by atoms with Gasteiger partial charge in [0.15, 0.2) is 0 Å². The number of hydrogen-bond donors (Lipinski definition) is 2. The Morgan fingerprint density at radius 1 is 1.13 bits per heavy atom. The van der Waals surface area contributed by atoms with Crippen LogP contribution >= 0.6 is 0 Å². The highest BCUT2D eigenvalue weighted by Crippen LogP contribution is 2.52. The Kier molecular flexibility index (Phi) is 3.90. The number of hydrogen-bond acceptors (Lipinski definition) is 3. The van der Waals surface area contributed by atoms with E-state index in [1.54, 1.807) is 24.3 Å². The van der Waals surface area contributed by atoms with Crippen molar-refractivity contribution in [3.8, 4) is 0 Å². The summed E-state index contributed by atoms with van der Waals surface area (Å²) in [6.45, 7) is 0. The molecule has 23 heavy (non-hydrogen) atoms. The minimum atomic E-state index is -4.45. The highest BCUT2D eigenvalue weighted by atomic mass is 19.4. The van der Waals surface area contributed by atoms with Crippen molar-refractivity contribution in [3.63, 3.8) is 0 Å². The van der Waals surface area contributed by atoms with Gasteiger partial charge in [-0.25, -0.2) is 0 Å². The van der Waals surface area contributed by atoms with E-state index in [-0.39, 0.29) is 12.8 Å². The second-order valence-electron chi connectivity index (χ2n) is 5.95. The molecule has 1 heterocycles. The van der Waals surface area contributed by atoms with Gasteiger partial charge in [0, 0.05) is 11.6 Å². The summed E-state index contributed by atoms with van der Waals surface area (Å²) in [4.78, 5) is 4.09. The molecule has 1 fully saturated rings. The van der Waals surface area contributed by atoms with Gasteiger partial charge >= 0.3 is 6.18 Å². The number of rotatable bonds is 3. The molecule has 0 aliphatic heterocycles.